The lowest BCUT2D eigenvalue weighted by Crippen LogP contribution is -2.39. The fraction of sp³-hybridized carbons (Fsp3) is 0.350. The Morgan fingerprint density at radius 3 is 2.19 bits per heavy atom. The van der Waals surface area contributed by atoms with Crippen LogP contribution in [0.3, 0.4) is 0 Å². The summed E-state index contributed by atoms with van der Waals surface area (Å²) in [5.41, 5.74) is 8.02. The van der Waals surface area contributed by atoms with Crippen LogP contribution in [0.4, 0.5) is 0 Å². The van der Waals surface area contributed by atoms with Crippen LogP contribution in [0.1, 0.15) is 29.6 Å². The van der Waals surface area contributed by atoms with E-state index in [9.17, 15) is 0 Å². The van der Waals surface area contributed by atoms with Crippen molar-refractivity contribution in [2.75, 3.05) is 28.4 Å². The maximum absolute atomic E-state index is 6.10. The minimum Gasteiger partial charge on any atom is -0.497 e. The first kappa shape index (κ1) is 18.7. The van der Waals surface area contributed by atoms with Crippen LogP contribution in [-0.2, 0) is 0 Å². The first-order chi connectivity index (χ1) is 13.1. The van der Waals surface area contributed by atoms with E-state index in [-0.39, 0.29) is 12.1 Å². The number of nitrogens with two attached hydrogens (primary N) is 1. The van der Waals surface area contributed by atoms with Gasteiger partial charge in [0.15, 0.2) is 5.96 Å². The van der Waals surface area contributed by atoms with Crippen molar-refractivity contribution in [3.8, 4) is 23.0 Å². The van der Waals surface area contributed by atoms with Crippen LogP contribution >= 0.6 is 0 Å². The normalized spacial score (nSPS) is 18.9. The zero-order valence-electron chi connectivity index (χ0n) is 16.0. The van der Waals surface area contributed by atoms with E-state index in [2.05, 4.69) is 10.3 Å². The highest BCUT2D eigenvalue weighted by Gasteiger charge is 2.28. The Kier molecular flexibility index (Phi) is 5.59. The predicted molar refractivity (Wildman–Crippen MR) is 104 cm³/mol. The number of ether oxygens (including phenoxy) is 4. The molecule has 2 unspecified atom stereocenters. The van der Waals surface area contributed by atoms with E-state index in [4.69, 9.17) is 24.7 Å². The Balaban J connectivity index is 1.97. The molecule has 7 nitrogen and oxygen atoms in total. The number of nitrogens with zero attached hydrogens (tertiary/aromatic N) is 1. The Labute approximate surface area is 159 Å². The van der Waals surface area contributed by atoms with Crippen molar-refractivity contribution in [2.24, 2.45) is 10.7 Å². The van der Waals surface area contributed by atoms with Gasteiger partial charge in [0.25, 0.3) is 0 Å². The van der Waals surface area contributed by atoms with E-state index < -0.39 is 0 Å². The molecule has 0 aromatic heterocycles. The summed E-state index contributed by atoms with van der Waals surface area (Å²) in [7, 11) is 6.55. The number of nitrogens with one attached hydrogen (secondary N) is 1. The standard InChI is InChI=1S/C20H25N3O4/c1-24-12-6-8-18(26-3)15(9-12)17-11-16(22-20(21)23-17)14-7-5-13(25-2)10-19(14)27-4/h5-10,16-17H,11H2,1-4H3,(H3,21,22,23). The molecule has 2 aromatic carbocycles. The van der Waals surface area contributed by atoms with Crippen LogP contribution in [0, 0.1) is 0 Å². The molecule has 27 heavy (non-hydrogen) atoms. The molecule has 0 aliphatic carbocycles. The van der Waals surface area contributed by atoms with Gasteiger partial charge in [0, 0.05) is 17.2 Å². The molecule has 3 N–H and O–H groups in total. The molecule has 0 saturated carbocycles. The fourth-order valence-electron chi connectivity index (χ4n) is 3.33. The average Bonchev–Trinajstić information content (AvgIpc) is 2.72. The van der Waals surface area contributed by atoms with Crippen LogP contribution in [0.25, 0.3) is 0 Å². The summed E-state index contributed by atoms with van der Waals surface area (Å²) < 4.78 is 21.7. The van der Waals surface area contributed by atoms with Crippen LogP contribution in [0.2, 0.25) is 0 Å². The third kappa shape index (κ3) is 3.86. The predicted octanol–water partition coefficient (Wildman–Crippen LogP) is 2.81. The maximum Gasteiger partial charge on any atom is 0.189 e. The van der Waals surface area contributed by atoms with Gasteiger partial charge in [-0.05, 0) is 36.8 Å². The summed E-state index contributed by atoms with van der Waals surface area (Å²) in [6.07, 6.45) is 0.687. The number of hydrogen-bond acceptors (Lipinski definition) is 7. The quantitative estimate of drug-likeness (QED) is 0.812. The number of hydrogen-bond donors (Lipinski definition) is 2. The Morgan fingerprint density at radius 1 is 0.852 bits per heavy atom. The topological polar surface area (TPSA) is 87.3 Å². The molecular weight excluding hydrogens is 346 g/mol. The summed E-state index contributed by atoms with van der Waals surface area (Å²) in [6.45, 7) is 0. The smallest absolute Gasteiger partial charge is 0.189 e. The van der Waals surface area contributed by atoms with Crippen LogP contribution in [-0.4, -0.2) is 34.4 Å². The number of guanidine groups is 1. The van der Waals surface area contributed by atoms with Gasteiger partial charge in [0.1, 0.15) is 23.0 Å². The second kappa shape index (κ2) is 8.07. The first-order valence-corrected chi connectivity index (χ1v) is 8.63. The van der Waals surface area contributed by atoms with E-state index in [1.807, 2.05) is 36.4 Å². The Hall–Kier alpha value is -3.09. The van der Waals surface area contributed by atoms with E-state index in [1.54, 1.807) is 28.4 Å². The number of benzene rings is 2. The lowest BCUT2D eigenvalue weighted by Gasteiger charge is -2.30. The highest BCUT2D eigenvalue weighted by molar-refractivity contribution is 5.79. The van der Waals surface area contributed by atoms with Crippen molar-refractivity contribution in [2.45, 2.75) is 18.5 Å². The fourth-order valence-corrected chi connectivity index (χ4v) is 3.33. The van der Waals surface area contributed by atoms with Crippen LogP contribution < -0.4 is 30.0 Å². The minimum absolute atomic E-state index is 0.0655. The molecule has 144 valence electrons. The lowest BCUT2D eigenvalue weighted by atomic mass is 9.92. The summed E-state index contributed by atoms with van der Waals surface area (Å²) >= 11 is 0. The summed E-state index contributed by atoms with van der Waals surface area (Å²) in [6, 6.07) is 11.2. The van der Waals surface area contributed by atoms with Gasteiger partial charge in [-0.3, -0.25) is 0 Å². The molecule has 2 aromatic rings. The lowest BCUT2D eigenvalue weighted by molar-refractivity contribution is 0.375. The van der Waals surface area contributed by atoms with Gasteiger partial charge in [-0.1, -0.05) is 0 Å². The monoisotopic (exact) mass is 371 g/mol. The van der Waals surface area contributed by atoms with Crippen molar-refractivity contribution in [3.63, 3.8) is 0 Å². The van der Waals surface area contributed by atoms with Gasteiger partial charge in [-0.15, -0.1) is 0 Å². The van der Waals surface area contributed by atoms with E-state index in [1.165, 1.54) is 0 Å². The van der Waals surface area contributed by atoms with E-state index >= 15 is 0 Å². The molecule has 0 amide bonds. The number of methoxy groups -OCH3 is 4. The average molecular weight is 371 g/mol. The molecule has 2 atom stereocenters. The molecule has 0 fully saturated rings. The molecule has 0 bridgehead atoms. The van der Waals surface area contributed by atoms with Crippen molar-refractivity contribution < 1.29 is 18.9 Å². The Morgan fingerprint density at radius 2 is 1.52 bits per heavy atom. The molecule has 0 radical (unpaired) electrons. The second-order valence-corrected chi connectivity index (χ2v) is 6.18. The molecule has 3 rings (SSSR count). The number of aliphatic imine (C=N–C) groups is 1. The SMILES string of the molecule is COc1ccc(C2CC(c3cc(OC)ccc3OC)N=C(N)N2)c(OC)c1. The number of rotatable bonds is 6. The van der Waals surface area contributed by atoms with Crippen molar-refractivity contribution in [3.05, 3.63) is 47.5 Å². The molecule has 1 aliphatic heterocycles. The van der Waals surface area contributed by atoms with E-state index in [0.717, 1.165) is 34.1 Å². The largest absolute Gasteiger partial charge is 0.497 e. The zero-order chi connectivity index (χ0) is 19.4. The summed E-state index contributed by atoms with van der Waals surface area (Å²) in [5.74, 6) is 3.34. The van der Waals surface area contributed by atoms with Gasteiger partial charge in [0.2, 0.25) is 0 Å². The minimum atomic E-state index is -0.173. The van der Waals surface area contributed by atoms with Crippen molar-refractivity contribution in [1.29, 1.82) is 0 Å². The van der Waals surface area contributed by atoms with Gasteiger partial charge >= 0.3 is 0 Å². The third-order valence-corrected chi connectivity index (χ3v) is 4.69. The van der Waals surface area contributed by atoms with Gasteiger partial charge in [-0.25, -0.2) is 4.99 Å². The first-order valence-electron chi connectivity index (χ1n) is 8.63. The molecular formula is C20H25N3O4. The van der Waals surface area contributed by atoms with E-state index in [0.29, 0.717) is 12.4 Å². The molecule has 1 aliphatic rings. The van der Waals surface area contributed by atoms with Crippen LogP contribution in [0.5, 0.6) is 23.0 Å². The summed E-state index contributed by atoms with van der Waals surface area (Å²) in [5, 5.41) is 3.25. The maximum atomic E-state index is 6.10. The third-order valence-electron chi connectivity index (χ3n) is 4.69. The molecule has 0 saturated heterocycles. The highest BCUT2D eigenvalue weighted by Crippen LogP contribution is 2.40. The van der Waals surface area contributed by atoms with Gasteiger partial charge < -0.3 is 30.0 Å². The van der Waals surface area contributed by atoms with Gasteiger partial charge in [0.05, 0.1) is 40.5 Å². The molecule has 0 spiro atoms. The van der Waals surface area contributed by atoms with Crippen molar-refractivity contribution >= 4 is 5.96 Å². The zero-order valence-corrected chi connectivity index (χ0v) is 16.0. The van der Waals surface area contributed by atoms with Gasteiger partial charge in [-0.2, -0.15) is 0 Å². The van der Waals surface area contributed by atoms with Crippen LogP contribution in [0.15, 0.2) is 41.4 Å². The highest BCUT2D eigenvalue weighted by atomic mass is 16.5. The second-order valence-electron chi connectivity index (χ2n) is 6.18. The molecule has 7 heteroatoms. The molecule has 1 heterocycles. The Bertz CT molecular complexity index is 838. The summed E-state index contributed by atoms with van der Waals surface area (Å²) in [4.78, 5) is 4.58. The van der Waals surface area contributed by atoms with Crippen molar-refractivity contribution in [1.82, 2.24) is 5.32 Å².